The van der Waals surface area contributed by atoms with Crippen LogP contribution >= 0.6 is 0 Å². The molecule has 0 atom stereocenters. The van der Waals surface area contributed by atoms with E-state index in [2.05, 4.69) is 5.32 Å². The number of hydrogen-bond donors (Lipinski definition) is 3. The van der Waals surface area contributed by atoms with Crippen molar-refractivity contribution in [2.75, 3.05) is 7.11 Å². The molecule has 6 heteroatoms. The van der Waals surface area contributed by atoms with E-state index in [9.17, 15) is 4.79 Å². The van der Waals surface area contributed by atoms with Gasteiger partial charge in [-0.15, -0.1) is 0 Å². The summed E-state index contributed by atoms with van der Waals surface area (Å²) in [5.74, 6) is 1.00. The quantitative estimate of drug-likeness (QED) is 0.781. The molecule has 1 aliphatic carbocycles. The lowest BCUT2D eigenvalue weighted by molar-refractivity contribution is -0.121. The van der Waals surface area contributed by atoms with Gasteiger partial charge in [-0.3, -0.25) is 4.79 Å². The number of carbonyl (C=O) groups is 2. The lowest BCUT2D eigenvalue weighted by atomic mass is 9.94. The van der Waals surface area contributed by atoms with Gasteiger partial charge >= 0.3 is 6.16 Å². The molecule has 0 radical (unpaired) electrons. The zero-order chi connectivity index (χ0) is 18.1. The van der Waals surface area contributed by atoms with E-state index in [1.165, 1.54) is 19.3 Å². The third kappa shape index (κ3) is 6.89. The van der Waals surface area contributed by atoms with Gasteiger partial charge < -0.3 is 20.3 Å². The topological polar surface area (TPSA) is 95.9 Å². The van der Waals surface area contributed by atoms with E-state index in [0.29, 0.717) is 12.5 Å². The van der Waals surface area contributed by atoms with E-state index in [-0.39, 0.29) is 5.91 Å². The molecule has 0 bridgehead atoms. The van der Waals surface area contributed by atoms with Gasteiger partial charge in [-0.05, 0) is 55.5 Å². The van der Waals surface area contributed by atoms with Crippen LogP contribution in [-0.2, 0) is 11.2 Å². The summed E-state index contributed by atoms with van der Waals surface area (Å²) in [5, 5.41) is 17.1. The van der Waals surface area contributed by atoms with Gasteiger partial charge in [0.25, 0.3) is 0 Å². The van der Waals surface area contributed by atoms with Gasteiger partial charge in [-0.25, -0.2) is 4.79 Å². The number of amides is 1. The monoisotopic (exact) mass is 337 g/mol. The molecular weight excluding hydrogens is 310 g/mol. The number of nitrogens with one attached hydrogen (secondary N) is 1. The Morgan fingerprint density at radius 2 is 1.62 bits per heavy atom. The van der Waals surface area contributed by atoms with Gasteiger partial charge in [0.2, 0.25) is 5.91 Å². The predicted octanol–water partition coefficient (Wildman–Crippen LogP) is 3.53. The minimum Gasteiger partial charge on any atom is -0.497 e. The maximum Gasteiger partial charge on any atom is 0.503 e. The van der Waals surface area contributed by atoms with Crippen LogP contribution in [0.4, 0.5) is 4.79 Å². The molecule has 6 nitrogen and oxygen atoms in total. The second-order valence-electron chi connectivity index (χ2n) is 6.10. The maximum absolute atomic E-state index is 12.2. The van der Waals surface area contributed by atoms with Gasteiger partial charge in [0.15, 0.2) is 0 Å². The van der Waals surface area contributed by atoms with E-state index in [4.69, 9.17) is 19.7 Å². The Hall–Kier alpha value is -2.24. The highest BCUT2D eigenvalue weighted by Gasteiger charge is 2.17. The number of carbonyl (C=O) groups excluding carboxylic acids is 1. The lowest BCUT2D eigenvalue weighted by Gasteiger charge is -2.23. The smallest absolute Gasteiger partial charge is 0.497 e. The Morgan fingerprint density at radius 1 is 1.12 bits per heavy atom. The molecule has 1 saturated carbocycles. The number of methoxy groups -OCH3 is 1. The van der Waals surface area contributed by atoms with Crippen LogP contribution in [0.5, 0.6) is 5.75 Å². The summed E-state index contributed by atoms with van der Waals surface area (Å²) < 4.78 is 5.26. The van der Waals surface area contributed by atoms with E-state index < -0.39 is 6.16 Å². The third-order valence-electron chi connectivity index (χ3n) is 4.21. The largest absolute Gasteiger partial charge is 0.503 e. The van der Waals surface area contributed by atoms with Crippen molar-refractivity contribution < 1.29 is 24.5 Å². The van der Waals surface area contributed by atoms with Gasteiger partial charge in [0.05, 0.1) is 13.5 Å². The number of aryl methyl sites for hydroxylation is 2. The molecule has 0 unspecified atom stereocenters. The van der Waals surface area contributed by atoms with Gasteiger partial charge in [0, 0.05) is 6.04 Å². The van der Waals surface area contributed by atoms with Gasteiger partial charge in [-0.2, -0.15) is 0 Å². The molecule has 0 aromatic heterocycles. The van der Waals surface area contributed by atoms with Crippen molar-refractivity contribution in [1.82, 2.24) is 5.32 Å². The number of benzene rings is 1. The summed E-state index contributed by atoms with van der Waals surface area (Å²) in [6.45, 7) is 4.08. The fraction of sp³-hybridized carbons (Fsp3) is 0.556. The normalized spacial score (nSPS) is 14.3. The number of carboxylic acid groups (broad SMARTS) is 2. The molecular formula is C18H27NO5. The number of ether oxygens (including phenoxy) is 1. The zero-order valence-corrected chi connectivity index (χ0v) is 14.6. The first kappa shape index (κ1) is 19.8. The van der Waals surface area contributed by atoms with Crippen molar-refractivity contribution in [2.45, 2.75) is 58.4 Å². The fourth-order valence-corrected chi connectivity index (χ4v) is 3.04. The standard InChI is InChI=1S/C17H25NO2.CH2O3/c1-12-9-15(20-3)10-13(2)16(12)11-17(19)18-14-7-5-4-6-8-14;2-1(3)4/h9-10,14H,4-8,11H2,1-3H3,(H,18,19);(H2,2,3,4). The molecule has 1 aromatic rings. The van der Waals surface area contributed by atoms with Crippen molar-refractivity contribution in [3.63, 3.8) is 0 Å². The molecule has 0 saturated heterocycles. The average Bonchev–Trinajstić information content (AvgIpc) is 2.51. The molecule has 24 heavy (non-hydrogen) atoms. The number of rotatable bonds is 4. The van der Waals surface area contributed by atoms with Crippen LogP contribution in [0.2, 0.25) is 0 Å². The highest BCUT2D eigenvalue weighted by Crippen LogP contribution is 2.22. The Labute approximate surface area is 142 Å². The first-order valence-corrected chi connectivity index (χ1v) is 8.18. The van der Waals surface area contributed by atoms with E-state index in [1.54, 1.807) is 7.11 Å². The first-order chi connectivity index (χ1) is 11.3. The highest BCUT2D eigenvalue weighted by molar-refractivity contribution is 5.79. The van der Waals surface area contributed by atoms with Crippen LogP contribution in [-0.4, -0.2) is 35.4 Å². The van der Waals surface area contributed by atoms with Gasteiger partial charge in [-0.1, -0.05) is 19.3 Å². The molecule has 0 heterocycles. The SMILES string of the molecule is COc1cc(C)c(CC(=O)NC2CCCCC2)c(C)c1.O=C(O)O. The van der Waals surface area contributed by atoms with E-state index in [0.717, 1.165) is 35.3 Å². The van der Waals surface area contributed by atoms with Crippen molar-refractivity contribution in [3.8, 4) is 5.75 Å². The molecule has 0 aliphatic heterocycles. The van der Waals surface area contributed by atoms with Crippen LogP contribution in [0.1, 0.15) is 48.8 Å². The molecule has 1 amide bonds. The van der Waals surface area contributed by atoms with E-state index >= 15 is 0 Å². The third-order valence-corrected chi connectivity index (χ3v) is 4.21. The van der Waals surface area contributed by atoms with Crippen LogP contribution < -0.4 is 10.1 Å². The molecule has 1 aromatic carbocycles. The number of hydrogen-bond acceptors (Lipinski definition) is 3. The Balaban J connectivity index is 0.000000648. The van der Waals surface area contributed by atoms with Crippen molar-refractivity contribution >= 4 is 12.1 Å². The maximum atomic E-state index is 12.2. The van der Waals surface area contributed by atoms with Crippen molar-refractivity contribution in [3.05, 3.63) is 28.8 Å². The van der Waals surface area contributed by atoms with Crippen molar-refractivity contribution in [1.29, 1.82) is 0 Å². The molecule has 2 rings (SSSR count). The van der Waals surface area contributed by atoms with Crippen molar-refractivity contribution in [2.24, 2.45) is 0 Å². The molecule has 3 N–H and O–H groups in total. The minimum absolute atomic E-state index is 0.147. The molecule has 1 fully saturated rings. The second kappa shape index (κ2) is 9.80. The van der Waals surface area contributed by atoms with Gasteiger partial charge in [0.1, 0.15) is 5.75 Å². The summed E-state index contributed by atoms with van der Waals surface area (Å²) in [6.07, 6.45) is 4.69. The predicted molar refractivity (Wildman–Crippen MR) is 91.8 cm³/mol. The highest BCUT2D eigenvalue weighted by atomic mass is 16.6. The zero-order valence-electron chi connectivity index (χ0n) is 14.6. The fourth-order valence-electron chi connectivity index (χ4n) is 3.04. The summed E-state index contributed by atoms with van der Waals surface area (Å²) in [5.41, 5.74) is 3.38. The average molecular weight is 337 g/mol. The summed E-state index contributed by atoms with van der Waals surface area (Å²) in [6, 6.07) is 4.38. The van der Waals surface area contributed by atoms with E-state index in [1.807, 2.05) is 26.0 Å². The Morgan fingerprint density at radius 3 is 2.08 bits per heavy atom. The van der Waals surface area contributed by atoms with Crippen LogP contribution in [0, 0.1) is 13.8 Å². The Kier molecular flexibility index (Phi) is 8.09. The molecule has 134 valence electrons. The lowest BCUT2D eigenvalue weighted by Crippen LogP contribution is -2.37. The summed E-state index contributed by atoms with van der Waals surface area (Å²) in [7, 11) is 1.67. The first-order valence-electron chi connectivity index (χ1n) is 8.18. The molecule has 1 aliphatic rings. The van der Waals surface area contributed by atoms with Crippen LogP contribution in [0.25, 0.3) is 0 Å². The van der Waals surface area contributed by atoms with Crippen LogP contribution in [0.15, 0.2) is 12.1 Å². The van der Waals surface area contributed by atoms with Crippen LogP contribution in [0.3, 0.4) is 0 Å². The summed E-state index contributed by atoms with van der Waals surface area (Å²) in [4.78, 5) is 20.8. The second-order valence-corrected chi connectivity index (χ2v) is 6.10. The summed E-state index contributed by atoms with van der Waals surface area (Å²) >= 11 is 0. The minimum atomic E-state index is -1.83. The molecule has 0 spiro atoms. The Bertz CT molecular complexity index is 538.